The average molecular weight is 295 g/mol. The fourth-order valence-corrected chi connectivity index (χ4v) is 4.08. The highest BCUT2D eigenvalue weighted by Crippen LogP contribution is 2.45. The van der Waals surface area contributed by atoms with Crippen molar-refractivity contribution in [2.45, 2.75) is 51.2 Å². The fraction of sp³-hybridized carbons (Fsp3) is 0.643. The minimum Gasteiger partial charge on any atom is -0.461 e. The molecule has 2 aliphatic rings. The van der Waals surface area contributed by atoms with Crippen LogP contribution in [0.2, 0.25) is 0 Å². The highest BCUT2D eigenvalue weighted by Gasteiger charge is 2.43. The summed E-state index contributed by atoms with van der Waals surface area (Å²) in [7, 11) is 0. The lowest BCUT2D eigenvalue weighted by Gasteiger charge is -2.15. The summed E-state index contributed by atoms with van der Waals surface area (Å²) < 4.78 is 10.8. The third-order valence-corrected chi connectivity index (χ3v) is 5.14. The summed E-state index contributed by atoms with van der Waals surface area (Å²) >= 11 is 1.32. The highest BCUT2D eigenvalue weighted by molar-refractivity contribution is 7.14. The van der Waals surface area contributed by atoms with Gasteiger partial charge in [0.05, 0.1) is 18.8 Å². The van der Waals surface area contributed by atoms with E-state index in [9.17, 15) is 9.59 Å². The number of esters is 1. The lowest BCUT2D eigenvalue weighted by Crippen LogP contribution is -2.14. The number of rotatable bonds is 4. The van der Waals surface area contributed by atoms with Crippen LogP contribution in [0.1, 0.15) is 64.2 Å². The molecule has 6 heteroatoms. The first-order valence-electron chi connectivity index (χ1n) is 6.94. The lowest BCUT2D eigenvalue weighted by atomic mass is 9.90. The van der Waals surface area contributed by atoms with Crippen molar-refractivity contribution in [2.75, 3.05) is 6.61 Å². The fourth-order valence-electron chi connectivity index (χ4n) is 2.97. The van der Waals surface area contributed by atoms with Gasteiger partial charge in [0.15, 0.2) is 11.5 Å². The first-order chi connectivity index (χ1) is 9.60. The number of carbonyl (C=O) groups is 2. The van der Waals surface area contributed by atoms with E-state index in [2.05, 4.69) is 4.98 Å². The van der Waals surface area contributed by atoms with Crippen LogP contribution in [-0.2, 0) is 9.47 Å². The van der Waals surface area contributed by atoms with E-state index >= 15 is 0 Å². The van der Waals surface area contributed by atoms with Crippen molar-refractivity contribution < 1.29 is 19.1 Å². The Morgan fingerprint density at radius 1 is 1.45 bits per heavy atom. The molecule has 0 saturated carbocycles. The number of hydrogen-bond acceptors (Lipinski definition) is 6. The SMILES string of the molecule is CCOC(=O)c1nc(C2CC3CCC2O3)sc1C(C)=O. The minimum atomic E-state index is -0.510. The Morgan fingerprint density at radius 2 is 2.25 bits per heavy atom. The molecule has 0 aromatic carbocycles. The van der Waals surface area contributed by atoms with E-state index in [0.717, 1.165) is 24.3 Å². The van der Waals surface area contributed by atoms with Gasteiger partial charge in [-0.1, -0.05) is 0 Å². The Balaban J connectivity index is 1.91. The standard InChI is InChI=1S/C14H17NO4S/c1-3-18-14(17)11-12(7(2)16)20-13(15-11)9-6-8-4-5-10(9)19-8/h8-10H,3-6H2,1-2H3. The third kappa shape index (κ3) is 2.27. The van der Waals surface area contributed by atoms with Crippen LogP contribution in [0.4, 0.5) is 0 Å². The lowest BCUT2D eigenvalue weighted by molar-refractivity contribution is 0.0516. The summed E-state index contributed by atoms with van der Waals surface area (Å²) in [6, 6.07) is 0. The summed E-state index contributed by atoms with van der Waals surface area (Å²) in [5.41, 5.74) is 0.169. The van der Waals surface area contributed by atoms with Crippen LogP contribution < -0.4 is 0 Å². The molecule has 20 heavy (non-hydrogen) atoms. The maximum Gasteiger partial charge on any atom is 0.358 e. The van der Waals surface area contributed by atoms with Crippen molar-refractivity contribution in [3.05, 3.63) is 15.6 Å². The van der Waals surface area contributed by atoms with Gasteiger partial charge >= 0.3 is 5.97 Å². The number of ketones is 1. The molecule has 0 amide bonds. The molecule has 0 aliphatic carbocycles. The molecule has 108 valence electrons. The molecular formula is C14H17NO4S. The molecule has 2 aliphatic heterocycles. The van der Waals surface area contributed by atoms with Crippen molar-refractivity contribution in [3.63, 3.8) is 0 Å². The zero-order chi connectivity index (χ0) is 14.3. The predicted molar refractivity (Wildman–Crippen MR) is 73.3 cm³/mol. The van der Waals surface area contributed by atoms with Crippen LogP contribution in [0.3, 0.4) is 0 Å². The zero-order valence-corrected chi connectivity index (χ0v) is 12.4. The van der Waals surface area contributed by atoms with E-state index in [1.807, 2.05) is 0 Å². The van der Waals surface area contributed by atoms with Crippen LogP contribution in [0.5, 0.6) is 0 Å². The van der Waals surface area contributed by atoms with Crippen LogP contribution in [0.15, 0.2) is 0 Å². The molecule has 3 unspecified atom stereocenters. The molecule has 2 bridgehead atoms. The number of Topliss-reactive ketones (excluding diaryl/α,β-unsaturated/α-hetero) is 1. The van der Waals surface area contributed by atoms with Crippen LogP contribution >= 0.6 is 11.3 Å². The van der Waals surface area contributed by atoms with E-state index in [4.69, 9.17) is 9.47 Å². The third-order valence-electron chi connectivity index (χ3n) is 3.86. The molecule has 3 heterocycles. The zero-order valence-electron chi connectivity index (χ0n) is 11.5. The van der Waals surface area contributed by atoms with Crippen molar-refractivity contribution in [1.29, 1.82) is 0 Å². The summed E-state index contributed by atoms with van der Waals surface area (Å²) in [6.45, 7) is 3.47. The van der Waals surface area contributed by atoms with E-state index in [1.165, 1.54) is 18.3 Å². The predicted octanol–water partition coefficient (Wildman–Crippen LogP) is 2.56. The van der Waals surface area contributed by atoms with Gasteiger partial charge in [-0.05, 0) is 26.2 Å². The Labute approximate surface area is 121 Å². The number of aromatic nitrogens is 1. The normalized spacial score (nSPS) is 27.8. The molecule has 3 rings (SSSR count). The maximum absolute atomic E-state index is 11.9. The van der Waals surface area contributed by atoms with Gasteiger partial charge in [-0.2, -0.15) is 0 Å². The van der Waals surface area contributed by atoms with E-state index in [0.29, 0.717) is 11.0 Å². The highest BCUT2D eigenvalue weighted by atomic mass is 32.1. The number of nitrogens with zero attached hydrogens (tertiary/aromatic N) is 1. The largest absolute Gasteiger partial charge is 0.461 e. The number of ether oxygens (including phenoxy) is 2. The topological polar surface area (TPSA) is 65.5 Å². The first kappa shape index (κ1) is 13.7. The molecule has 3 atom stereocenters. The van der Waals surface area contributed by atoms with Crippen molar-refractivity contribution in [1.82, 2.24) is 4.98 Å². The maximum atomic E-state index is 11.9. The Hall–Kier alpha value is -1.27. The molecule has 2 saturated heterocycles. The molecule has 2 fully saturated rings. The second kappa shape index (κ2) is 5.26. The van der Waals surface area contributed by atoms with E-state index < -0.39 is 5.97 Å². The number of carbonyl (C=O) groups excluding carboxylic acids is 2. The van der Waals surface area contributed by atoms with Gasteiger partial charge in [-0.15, -0.1) is 11.3 Å². The van der Waals surface area contributed by atoms with Gasteiger partial charge in [0.2, 0.25) is 0 Å². The summed E-state index contributed by atoms with van der Waals surface area (Å²) in [5.74, 6) is -0.426. The molecule has 1 aromatic heterocycles. The van der Waals surface area contributed by atoms with Gasteiger partial charge in [0.25, 0.3) is 0 Å². The van der Waals surface area contributed by atoms with Crippen molar-refractivity contribution in [3.8, 4) is 0 Å². The molecule has 1 aromatic rings. The summed E-state index contributed by atoms with van der Waals surface area (Å²) in [6.07, 6.45) is 3.61. The number of hydrogen-bond donors (Lipinski definition) is 0. The van der Waals surface area contributed by atoms with Gasteiger partial charge in [0, 0.05) is 12.8 Å². The van der Waals surface area contributed by atoms with Crippen LogP contribution in [0.25, 0.3) is 0 Å². The van der Waals surface area contributed by atoms with Crippen LogP contribution in [-0.4, -0.2) is 35.6 Å². The summed E-state index contributed by atoms with van der Waals surface area (Å²) in [4.78, 5) is 28.4. The summed E-state index contributed by atoms with van der Waals surface area (Å²) in [5, 5.41) is 0.838. The Kier molecular flexibility index (Phi) is 3.60. The Bertz CT molecular complexity index is 553. The Morgan fingerprint density at radius 3 is 2.80 bits per heavy atom. The van der Waals surface area contributed by atoms with Crippen molar-refractivity contribution >= 4 is 23.1 Å². The molecule has 0 radical (unpaired) electrons. The minimum absolute atomic E-state index is 0.138. The van der Waals surface area contributed by atoms with Gasteiger partial charge in [-0.3, -0.25) is 4.79 Å². The van der Waals surface area contributed by atoms with Gasteiger partial charge < -0.3 is 9.47 Å². The van der Waals surface area contributed by atoms with Crippen molar-refractivity contribution in [2.24, 2.45) is 0 Å². The molecular weight excluding hydrogens is 278 g/mol. The molecule has 5 nitrogen and oxygen atoms in total. The van der Waals surface area contributed by atoms with E-state index in [-0.39, 0.29) is 30.1 Å². The molecule has 0 N–H and O–H groups in total. The molecule has 0 spiro atoms. The quantitative estimate of drug-likeness (QED) is 0.631. The second-order valence-corrected chi connectivity index (χ2v) is 6.25. The van der Waals surface area contributed by atoms with Gasteiger partial charge in [-0.25, -0.2) is 9.78 Å². The van der Waals surface area contributed by atoms with E-state index in [1.54, 1.807) is 6.92 Å². The van der Waals surface area contributed by atoms with Crippen LogP contribution in [0, 0.1) is 0 Å². The second-order valence-electron chi connectivity index (χ2n) is 5.22. The number of fused-ring (bicyclic) bond motifs is 2. The smallest absolute Gasteiger partial charge is 0.358 e. The van der Waals surface area contributed by atoms with Gasteiger partial charge in [0.1, 0.15) is 9.88 Å². The average Bonchev–Trinajstić information content (AvgIpc) is 3.13. The first-order valence-corrected chi connectivity index (χ1v) is 7.76. The number of thiazole rings is 1. The monoisotopic (exact) mass is 295 g/mol.